The van der Waals surface area contributed by atoms with Crippen LogP contribution >= 0.6 is 0 Å². The van der Waals surface area contributed by atoms with Gasteiger partial charge >= 0.3 is 0 Å². The van der Waals surface area contributed by atoms with Crippen LogP contribution < -0.4 is 10.4 Å². The van der Waals surface area contributed by atoms with Gasteiger partial charge < -0.3 is 8.84 Å². The van der Waals surface area contributed by atoms with Gasteiger partial charge in [-0.1, -0.05) is 106 Å². The van der Waals surface area contributed by atoms with Crippen LogP contribution in [0.5, 0.6) is 0 Å². The third kappa shape index (κ3) is 3.85. The Kier molecular flexibility index (Phi) is 5.63. The molecule has 2 nitrogen and oxygen atoms in total. The first kappa shape index (κ1) is 20.2. The molecule has 30 heavy (non-hydrogen) atoms. The summed E-state index contributed by atoms with van der Waals surface area (Å²) in [6.45, 7) is 7.16. The molecule has 4 rings (SSSR count). The van der Waals surface area contributed by atoms with Crippen LogP contribution in [0.1, 0.15) is 26.5 Å². The molecule has 0 amide bonds. The van der Waals surface area contributed by atoms with Gasteiger partial charge in [-0.3, -0.25) is 0 Å². The van der Waals surface area contributed by atoms with Gasteiger partial charge in [0, 0.05) is 11.5 Å². The van der Waals surface area contributed by atoms with Crippen molar-refractivity contribution >= 4 is 29.7 Å². The van der Waals surface area contributed by atoms with Gasteiger partial charge in [0.15, 0.2) is 5.76 Å². The molecule has 0 atom stereocenters. The van der Waals surface area contributed by atoms with Gasteiger partial charge in [-0.25, -0.2) is 0 Å². The van der Waals surface area contributed by atoms with Crippen molar-refractivity contribution in [3.05, 3.63) is 96.8 Å². The fraction of sp³-hybridized carbons (Fsp3) is 0.185. The minimum Gasteiger partial charge on any atom is -0.448 e. The lowest BCUT2D eigenvalue weighted by molar-refractivity contribution is 0.346. The van der Waals surface area contributed by atoms with E-state index < -0.39 is 8.32 Å². The maximum Gasteiger partial charge on any atom is 0.262 e. The predicted molar refractivity (Wildman–Crippen MR) is 127 cm³/mol. The summed E-state index contributed by atoms with van der Waals surface area (Å²) in [6.07, 6.45) is 0. The van der Waals surface area contributed by atoms with Crippen molar-refractivity contribution in [2.45, 2.75) is 25.8 Å². The highest BCUT2D eigenvalue weighted by atomic mass is 28.4. The van der Waals surface area contributed by atoms with E-state index in [1.807, 2.05) is 30.3 Å². The van der Waals surface area contributed by atoms with Gasteiger partial charge in [-0.05, 0) is 27.4 Å². The Bertz CT molecular complexity index is 1100. The smallest absolute Gasteiger partial charge is 0.262 e. The molecule has 0 spiro atoms. The van der Waals surface area contributed by atoms with E-state index in [0.29, 0.717) is 12.4 Å². The molecule has 1 heterocycles. The summed E-state index contributed by atoms with van der Waals surface area (Å²) in [5.74, 6) is 7.01. The van der Waals surface area contributed by atoms with Crippen LogP contribution in [0.15, 0.2) is 95.4 Å². The molecule has 0 N–H and O–H groups in total. The highest BCUT2D eigenvalue weighted by Gasteiger charge is 2.49. The second kappa shape index (κ2) is 8.35. The highest BCUT2D eigenvalue weighted by Crippen LogP contribution is 2.36. The fourth-order valence-corrected chi connectivity index (χ4v) is 8.52. The highest BCUT2D eigenvalue weighted by molar-refractivity contribution is 6.99. The largest absolute Gasteiger partial charge is 0.448 e. The van der Waals surface area contributed by atoms with Crippen molar-refractivity contribution in [1.82, 2.24) is 0 Å². The van der Waals surface area contributed by atoms with Crippen LogP contribution in [0, 0.1) is 11.8 Å². The van der Waals surface area contributed by atoms with Crippen molar-refractivity contribution in [3.8, 4) is 11.8 Å². The molecule has 1 aromatic heterocycles. The van der Waals surface area contributed by atoms with E-state index in [1.54, 1.807) is 0 Å². The quantitative estimate of drug-likeness (QED) is 0.334. The van der Waals surface area contributed by atoms with E-state index in [-0.39, 0.29) is 5.04 Å². The molecule has 0 aliphatic carbocycles. The van der Waals surface area contributed by atoms with Crippen molar-refractivity contribution in [2.75, 3.05) is 6.61 Å². The standard InChI is InChI=1S/C27H26O2Si/c1-27(2,3)30(24-15-6-4-7-16-24,25-17-8-5-9-18-25)28-20-12-14-23-21-22-13-10-11-19-26(22)29-23/h4-11,13,15-19,21H,20H2,1-3H3. The summed E-state index contributed by atoms with van der Waals surface area (Å²) in [7, 11) is -2.55. The Balaban J connectivity index is 1.69. The maximum atomic E-state index is 6.79. The van der Waals surface area contributed by atoms with E-state index >= 15 is 0 Å². The third-order valence-electron chi connectivity index (χ3n) is 5.41. The normalized spacial score (nSPS) is 11.8. The SMILES string of the molecule is CC(C)(C)[Si](OCC#Cc1cc2ccccc2o1)(c1ccccc1)c1ccccc1. The predicted octanol–water partition coefficient (Wildman–Crippen LogP) is 5.36. The first-order valence-electron chi connectivity index (χ1n) is 10.2. The number of rotatable bonds is 4. The molecule has 150 valence electrons. The zero-order valence-corrected chi connectivity index (χ0v) is 18.7. The molecule has 0 aliphatic rings. The maximum absolute atomic E-state index is 6.79. The van der Waals surface area contributed by atoms with Crippen LogP contribution in [0.4, 0.5) is 0 Å². The molecule has 0 fully saturated rings. The summed E-state index contributed by atoms with van der Waals surface area (Å²) >= 11 is 0. The Morgan fingerprint density at radius 3 is 1.93 bits per heavy atom. The van der Waals surface area contributed by atoms with Gasteiger partial charge in [0.1, 0.15) is 5.58 Å². The number of hydrogen-bond donors (Lipinski definition) is 0. The number of furan rings is 1. The Morgan fingerprint density at radius 1 is 0.800 bits per heavy atom. The van der Waals surface area contributed by atoms with Crippen molar-refractivity contribution in [1.29, 1.82) is 0 Å². The number of hydrogen-bond acceptors (Lipinski definition) is 2. The lowest BCUT2D eigenvalue weighted by Gasteiger charge is -2.42. The van der Waals surface area contributed by atoms with Crippen LogP contribution in [0.2, 0.25) is 5.04 Å². The molecule has 0 aliphatic heterocycles. The summed E-state index contributed by atoms with van der Waals surface area (Å²) in [6, 6.07) is 31.2. The van der Waals surface area contributed by atoms with Crippen LogP contribution in [0.3, 0.4) is 0 Å². The van der Waals surface area contributed by atoms with E-state index in [2.05, 4.69) is 93.3 Å². The molecule has 0 bridgehead atoms. The summed E-state index contributed by atoms with van der Waals surface area (Å²) in [4.78, 5) is 0. The minimum absolute atomic E-state index is 0.0588. The van der Waals surface area contributed by atoms with Gasteiger partial charge in [-0.15, -0.1) is 0 Å². The molecular weight excluding hydrogens is 384 g/mol. The van der Waals surface area contributed by atoms with E-state index in [0.717, 1.165) is 11.0 Å². The van der Waals surface area contributed by atoms with E-state index in [4.69, 9.17) is 8.84 Å². The zero-order valence-electron chi connectivity index (χ0n) is 17.7. The van der Waals surface area contributed by atoms with Gasteiger partial charge in [-0.2, -0.15) is 0 Å². The second-order valence-electron chi connectivity index (χ2n) is 8.40. The monoisotopic (exact) mass is 410 g/mol. The Labute approximate surface area is 179 Å². The van der Waals surface area contributed by atoms with Crippen molar-refractivity contribution in [2.24, 2.45) is 0 Å². The Morgan fingerprint density at radius 2 is 1.37 bits per heavy atom. The minimum atomic E-state index is -2.55. The summed E-state index contributed by atoms with van der Waals surface area (Å²) in [5.41, 5.74) is 0.856. The molecule has 0 saturated heterocycles. The molecule has 0 unspecified atom stereocenters. The van der Waals surface area contributed by atoms with Crippen molar-refractivity contribution < 1.29 is 8.84 Å². The van der Waals surface area contributed by atoms with Gasteiger partial charge in [0.2, 0.25) is 0 Å². The van der Waals surface area contributed by atoms with Crippen LogP contribution in [0.25, 0.3) is 11.0 Å². The second-order valence-corrected chi connectivity index (χ2v) is 12.7. The Hall–Kier alpha value is -3.06. The average molecular weight is 411 g/mol. The molecule has 0 saturated carbocycles. The van der Waals surface area contributed by atoms with Gasteiger partial charge in [0.05, 0.1) is 6.61 Å². The number of benzene rings is 3. The van der Waals surface area contributed by atoms with E-state index in [1.165, 1.54) is 10.4 Å². The number of para-hydroxylation sites is 1. The topological polar surface area (TPSA) is 22.4 Å². The molecule has 4 aromatic rings. The first-order chi connectivity index (χ1) is 14.5. The number of fused-ring (bicyclic) bond motifs is 1. The van der Waals surface area contributed by atoms with Gasteiger partial charge in [0.25, 0.3) is 8.32 Å². The summed E-state index contributed by atoms with van der Waals surface area (Å²) in [5, 5.41) is 3.52. The lowest BCUT2D eigenvalue weighted by Crippen LogP contribution is -2.66. The fourth-order valence-electron chi connectivity index (χ4n) is 4.07. The summed E-state index contributed by atoms with van der Waals surface area (Å²) < 4.78 is 12.6. The first-order valence-corrected chi connectivity index (χ1v) is 12.1. The molecular formula is C27H26O2Si. The molecule has 3 aromatic carbocycles. The van der Waals surface area contributed by atoms with Crippen molar-refractivity contribution in [3.63, 3.8) is 0 Å². The molecule has 0 radical (unpaired) electrons. The third-order valence-corrected chi connectivity index (χ3v) is 10.4. The van der Waals surface area contributed by atoms with Crippen LogP contribution in [-0.4, -0.2) is 14.9 Å². The lowest BCUT2D eigenvalue weighted by atomic mass is 10.2. The zero-order chi connectivity index (χ0) is 21.0. The average Bonchev–Trinajstić information content (AvgIpc) is 3.17. The van der Waals surface area contributed by atoms with E-state index in [9.17, 15) is 0 Å². The van der Waals surface area contributed by atoms with Crippen LogP contribution in [-0.2, 0) is 4.43 Å². The molecule has 3 heteroatoms.